The fraction of sp³-hybridized carbons (Fsp3) is 0.167. The zero-order valence-corrected chi connectivity index (χ0v) is 15.5. The number of rotatable bonds is 3. The molecule has 96 valence electrons. The van der Waals surface area contributed by atoms with Crippen LogP contribution in [-0.4, -0.2) is 7.11 Å². The molecule has 0 N–H and O–H groups in total. The van der Waals surface area contributed by atoms with E-state index in [4.69, 9.17) is 16.3 Å². The minimum absolute atomic E-state index is 0.0952. The molecular formula is C12H8Br3ClOS. The van der Waals surface area contributed by atoms with Crippen LogP contribution in [0, 0.1) is 0 Å². The average molecular weight is 475 g/mol. The van der Waals surface area contributed by atoms with Crippen LogP contribution < -0.4 is 4.74 Å². The molecule has 0 saturated heterocycles. The van der Waals surface area contributed by atoms with Crippen LogP contribution >= 0.6 is 70.7 Å². The van der Waals surface area contributed by atoms with Gasteiger partial charge in [-0.15, -0.1) is 11.3 Å². The Labute approximate surface area is 140 Å². The lowest BCUT2D eigenvalue weighted by Crippen LogP contribution is -1.93. The van der Waals surface area contributed by atoms with Gasteiger partial charge in [0.15, 0.2) is 0 Å². The summed E-state index contributed by atoms with van der Waals surface area (Å²) < 4.78 is 7.34. The highest BCUT2D eigenvalue weighted by Gasteiger charge is 2.17. The summed E-state index contributed by atoms with van der Waals surface area (Å²) in [5.41, 5.74) is 2.26. The predicted molar refractivity (Wildman–Crippen MR) is 88.5 cm³/mol. The second-order valence-corrected chi connectivity index (χ2v) is 8.61. The monoisotopic (exact) mass is 472 g/mol. The summed E-state index contributed by atoms with van der Waals surface area (Å²) in [5, 5.41) is 0.616. The molecule has 0 radical (unpaired) electrons. The second-order valence-electron chi connectivity index (χ2n) is 3.54. The van der Waals surface area contributed by atoms with Crippen LogP contribution in [0.5, 0.6) is 5.75 Å². The fourth-order valence-corrected chi connectivity index (χ4v) is 5.82. The van der Waals surface area contributed by atoms with Crippen molar-refractivity contribution in [3.8, 4) is 5.75 Å². The van der Waals surface area contributed by atoms with Gasteiger partial charge in [0.25, 0.3) is 0 Å². The number of hydrogen-bond acceptors (Lipinski definition) is 2. The average Bonchev–Trinajstić information content (AvgIpc) is 2.67. The standard InChI is InChI=1S/C12H8Br3ClOS/c1-17-9-3-2-6(4-8(9)16)11(14)7-5-10(13)18-12(7)15/h2-5,11H,1H3. The number of ether oxygens (including phenoxy) is 1. The van der Waals surface area contributed by atoms with Gasteiger partial charge in [0.2, 0.25) is 0 Å². The predicted octanol–water partition coefficient (Wildman–Crippen LogP) is 6.42. The third kappa shape index (κ3) is 3.12. The van der Waals surface area contributed by atoms with Gasteiger partial charge in [-0.1, -0.05) is 33.6 Å². The molecular weight excluding hydrogens is 467 g/mol. The first-order chi connectivity index (χ1) is 8.52. The van der Waals surface area contributed by atoms with Crippen LogP contribution in [0.25, 0.3) is 0 Å². The number of methoxy groups -OCH3 is 1. The molecule has 0 bridgehead atoms. The van der Waals surface area contributed by atoms with Gasteiger partial charge >= 0.3 is 0 Å². The molecule has 1 unspecified atom stereocenters. The Morgan fingerprint density at radius 2 is 2.00 bits per heavy atom. The number of thiophene rings is 1. The summed E-state index contributed by atoms with van der Waals surface area (Å²) in [6.07, 6.45) is 0. The first kappa shape index (κ1) is 14.9. The van der Waals surface area contributed by atoms with Crippen molar-refractivity contribution in [2.75, 3.05) is 7.11 Å². The van der Waals surface area contributed by atoms with Crippen LogP contribution in [0.2, 0.25) is 5.02 Å². The molecule has 0 spiro atoms. The van der Waals surface area contributed by atoms with Crippen molar-refractivity contribution in [3.05, 3.63) is 48.0 Å². The van der Waals surface area contributed by atoms with Crippen molar-refractivity contribution in [1.82, 2.24) is 0 Å². The molecule has 2 aromatic rings. The molecule has 0 fully saturated rings. The van der Waals surface area contributed by atoms with Crippen molar-refractivity contribution >= 4 is 70.7 Å². The van der Waals surface area contributed by atoms with Gasteiger partial charge in [-0.05, 0) is 61.2 Å². The third-order valence-corrected chi connectivity index (χ3v) is 6.13. The first-order valence-corrected chi connectivity index (χ1v) is 8.64. The molecule has 1 aromatic heterocycles. The number of halogens is 4. The largest absolute Gasteiger partial charge is 0.495 e. The van der Waals surface area contributed by atoms with Crippen LogP contribution in [0.3, 0.4) is 0 Å². The summed E-state index contributed by atoms with van der Waals surface area (Å²) in [5.74, 6) is 0.686. The summed E-state index contributed by atoms with van der Waals surface area (Å²) in [4.78, 5) is 0.0952. The zero-order valence-electron chi connectivity index (χ0n) is 9.22. The number of hydrogen-bond donors (Lipinski definition) is 0. The van der Waals surface area contributed by atoms with E-state index >= 15 is 0 Å². The molecule has 0 aliphatic carbocycles. The van der Waals surface area contributed by atoms with Gasteiger partial charge in [0, 0.05) is 0 Å². The van der Waals surface area contributed by atoms with Crippen LogP contribution in [-0.2, 0) is 0 Å². The second kappa shape index (κ2) is 6.27. The fourth-order valence-electron chi connectivity index (χ4n) is 1.55. The Kier molecular flexibility index (Phi) is 5.17. The Bertz CT molecular complexity index is 570. The van der Waals surface area contributed by atoms with E-state index in [-0.39, 0.29) is 4.83 Å². The topological polar surface area (TPSA) is 9.23 Å². The zero-order chi connectivity index (χ0) is 13.3. The molecule has 0 saturated carbocycles. The Morgan fingerprint density at radius 3 is 2.50 bits per heavy atom. The summed E-state index contributed by atoms with van der Waals surface area (Å²) in [7, 11) is 1.61. The Hall–Kier alpha value is 0.450. The molecule has 0 amide bonds. The van der Waals surface area contributed by atoms with E-state index in [9.17, 15) is 0 Å². The maximum atomic E-state index is 6.14. The van der Waals surface area contributed by atoms with Crippen molar-refractivity contribution in [3.63, 3.8) is 0 Å². The number of alkyl halides is 1. The van der Waals surface area contributed by atoms with Crippen molar-refractivity contribution in [2.24, 2.45) is 0 Å². The summed E-state index contributed by atoms with van der Waals surface area (Å²) in [6.45, 7) is 0. The van der Waals surface area contributed by atoms with Crippen LogP contribution in [0.15, 0.2) is 31.8 Å². The highest BCUT2D eigenvalue weighted by molar-refractivity contribution is 9.12. The molecule has 1 nitrogen and oxygen atoms in total. The third-order valence-electron chi connectivity index (χ3n) is 2.42. The minimum Gasteiger partial charge on any atom is -0.495 e. The number of benzene rings is 1. The minimum atomic E-state index is 0.0952. The van der Waals surface area contributed by atoms with E-state index in [1.54, 1.807) is 18.4 Å². The molecule has 1 atom stereocenters. The summed E-state index contributed by atoms with van der Waals surface area (Å²) in [6, 6.07) is 7.88. The lowest BCUT2D eigenvalue weighted by molar-refractivity contribution is 0.415. The van der Waals surface area contributed by atoms with E-state index in [1.165, 1.54) is 5.56 Å². The van der Waals surface area contributed by atoms with Crippen LogP contribution in [0.4, 0.5) is 0 Å². The van der Waals surface area contributed by atoms with Crippen molar-refractivity contribution < 1.29 is 4.74 Å². The summed E-state index contributed by atoms with van der Waals surface area (Å²) >= 11 is 18.5. The van der Waals surface area contributed by atoms with Gasteiger partial charge in [0.1, 0.15) is 5.75 Å². The van der Waals surface area contributed by atoms with Crippen molar-refractivity contribution in [1.29, 1.82) is 0 Å². The lowest BCUT2D eigenvalue weighted by Gasteiger charge is -2.11. The molecule has 0 aliphatic rings. The van der Waals surface area contributed by atoms with Crippen molar-refractivity contribution in [2.45, 2.75) is 4.83 Å². The van der Waals surface area contributed by atoms with Crippen LogP contribution in [0.1, 0.15) is 16.0 Å². The maximum Gasteiger partial charge on any atom is 0.137 e. The first-order valence-electron chi connectivity index (χ1n) is 4.95. The van der Waals surface area contributed by atoms with Gasteiger partial charge in [-0.3, -0.25) is 0 Å². The SMILES string of the molecule is COc1ccc(C(Br)c2cc(Br)sc2Br)cc1Cl. The molecule has 0 aliphatic heterocycles. The van der Waals surface area contributed by atoms with E-state index in [2.05, 4.69) is 53.9 Å². The highest BCUT2D eigenvalue weighted by atomic mass is 79.9. The smallest absolute Gasteiger partial charge is 0.137 e. The quantitative estimate of drug-likeness (QED) is 0.466. The van der Waals surface area contributed by atoms with Gasteiger partial charge in [0.05, 0.1) is 24.5 Å². The van der Waals surface area contributed by atoms with E-state index < -0.39 is 0 Å². The molecule has 2 rings (SSSR count). The van der Waals surface area contributed by atoms with E-state index in [0.717, 1.165) is 13.1 Å². The van der Waals surface area contributed by atoms with Gasteiger partial charge in [-0.2, -0.15) is 0 Å². The maximum absolute atomic E-state index is 6.14. The molecule has 6 heteroatoms. The normalized spacial score (nSPS) is 12.5. The molecule has 18 heavy (non-hydrogen) atoms. The van der Waals surface area contributed by atoms with E-state index in [0.29, 0.717) is 10.8 Å². The Balaban J connectivity index is 2.37. The Morgan fingerprint density at radius 1 is 1.28 bits per heavy atom. The van der Waals surface area contributed by atoms with Gasteiger partial charge < -0.3 is 4.74 Å². The van der Waals surface area contributed by atoms with Gasteiger partial charge in [-0.25, -0.2) is 0 Å². The molecule has 1 aromatic carbocycles. The highest BCUT2D eigenvalue weighted by Crippen LogP contribution is 2.42. The molecule has 1 heterocycles. The lowest BCUT2D eigenvalue weighted by atomic mass is 10.1. The van der Waals surface area contributed by atoms with E-state index in [1.807, 2.05) is 18.2 Å².